The van der Waals surface area contributed by atoms with E-state index in [1.165, 1.54) is 11.3 Å². The van der Waals surface area contributed by atoms with E-state index in [2.05, 4.69) is 9.98 Å². The maximum absolute atomic E-state index is 12.5. The molecule has 6 heteroatoms. The number of anilines is 1. The van der Waals surface area contributed by atoms with Gasteiger partial charge in [0, 0.05) is 17.4 Å². The quantitative estimate of drug-likeness (QED) is 0.571. The first-order chi connectivity index (χ1) is 12.2. The Bertz CT molecular complexity index is 1280. The summed E-state index contributed by atoms with van der Waals surface area (Å²) in [5.41, 5.74) is 10.1. The molecule has 0 aliphatic carbocycles. The zero-order valence-corrected chi connectivity index (χ0v) is 13.8. The van der Waals surface area contributed by atoms with Gasteiger partial charge in [0.1, 0.15) is 5.82 Å². The van der Waals surface area contributed by atoms with Crippen molar-refractivity contribution >= 4 is 55.9 Å². The van der Waals surface area contributed by atoms with Crippen LogP contribution in [0.15, 0.2) is 58.3 Å². The summed E-state index contributed by atoms with van der Waals surface area (Å²) in [6, 6.07) is 15.7. The summed E-state index contributed by atoms with van der Waals surface area (Å²) in [5, 5.41) is 0. The van der Waals surface area contributed by atoms with Gasteiger partial charge in [-0.3, -0.25) is 14.2 Å². The topological polar surface area (TPSA) is 72.8 Å². The fourth-order valence-electron chi connectivity index (χ4n) is 3.10. The third kappa shape index (κ3) is 2.04. The molecule has 0 saturated carbocycles. The zero-order chi connectivity index (χ0) is 17.0. The summed E-state index contributed by atoms with van der Waals surface area (Å²) in [6.07, 6.45) is 3.53. The number of rotatable bonds is 1. The fraction of sp³-hybridized carbons (Fsp3) is 0. The van der Waals surface area contributed by atoms with Crippen molar-refractivity contribution in [3.63, 3.8) is 0 Å². The highest BCUT2D eigenvalue weighted by Crippen LogP contribution is 2.33. The van der Waals surface area contributed by atoms with Crippen molar-refractivity contribution in [1.82, 2.24) is 9.38 Å². The Morgan fingerprint density at radius 1 is 1.08 bits per heavy atom. The molecule has 0 unspecified atom stereocenters. The average Bonchev–Trinajstić information content (AvgIpc) is 3.19. The number of hydrogen-bond donors (Lipinski definition) is 1. The molecule has 2 aromatic carbocycles. The molecule has 0 radical (unpaired) electrons. The largest absolute Gasteiger partial charge is 0.384 e. The molecular formula is C19H12N4OS. The SMILES string of the molecule is Nc1c(C=C2C=Nc3ccccc32)c(=O)nc2sc3ccccc3n12. The Balaban J connectivity index is 1.80. The minimum Gasteiger partial charge on any atom is -0.384 e. The normalized spacial score (nSPS) is 14.6. The van der Waals surface area contributed by atoms with Crippen molar-refractivity contribution in [2.75, 3.05) is 5.73 Å². The zero-order valence-electron chi connectivity index (χ0n) is 13.0. The van der Waals surface area contributed by atoms with Gasteiger partial charge in [-0.25, -0.2) is 0 Å². The van der Waals surface area contributed by atoms with Crippen molar-refractivity contribution < 1.29 is 0 Å². The van der Waals surface area contributed by atoms with Crippen LogP contribution in [0.4, 0.5) is 11.5 Å². The summed E-state index contributed by atoms with van der Waals surface area (Å²) >= 11 is 1.45. The monoisotopic (exact) mass is 344 g/mol. The van der Waals surface area contributed by atoms with Crippen molar-refractivity contribution in [3.8, 4) is 0 Å². The lowest BCUT2D eigenvalue weighted by Gasteiger charge is -2.05. The van der Waals surface area contributed by atoms with Crippen LogP contribution < -0.4 is 11.3 Å². The van der Waals surface area contributed by atoms with Gasteiger partial charge in [-0.1, -0.05) is 41.7 Å². The molecule has 0 atom stereocenters. The summed E-state index contributed by atoms with van der Waals surface area (Å²) < 4.78 is 2.88. The number of hydrogen-bond acceptors (Lipinski definition) is 5. The Kier molecular flexibility index (Phi) is 2.89. The standard InChI is InChI=1S/C19H12N4OS/c20-17-13(9-11-10-21-14-6-2-1-5-12(11)14)18(24)22-19-23(17)15-7-3-4-8-16(15)25-19/h1-10H,20H2. The first kappa shape index (κ1) is 14.1. The summed E-state index contributed by atoms with van der Waals surface area (Å²) in [5.74, 6) is 0.401. The number of fused-ring (bicyclic) bond motifs is 4. The predicted octanol–water partition coefficient (Wildman–Crippen LogP) is 3.75. The Hall–Kier alpha value is -3.25. The van der Waals surface area contributed by atoms with Gasteiger partial charge >= 0.3 is 0 Å². The molecule has 2 N–H and O–H groups in total. The van der Waals surface area contributed by atoms with E-state index in [4.69, 9.17) is 5.73 Å². The molecule has 25 heavy (non-hydrogen) atoms. The second-order valence-electron chi connectivity index (χ2n) is 5.78. The number of benzene rings is 2. The van der Waals surface area contributed by atoms with Gasteiger partial charge in [-0.15, -0.1) is 0 Å². The van der Waals surface area contributed by atoms with Crippen LogP contribution in [0.3, 0.4) is 0 Å². The summed E-state index contributed by atoms with van der Waals surface area (Å²) in [4.78, 5) is 21.8. The minimum atomic E-state index is -0.325. The third-order valence-electron chi connectivity index (χ3n) is 4.30. The molecule has 2 aromatic heterocycles. The van der Waals surface area contributed by atoms with E-state index >= 15 is 0 Å². The second kappa shape index (κ2) is 5.12. The van der Waals surface area contributed by atoms with Crippen molar-refractivity contribution in [1.29, 1.82) is 0 Å². The van der Waals surface area contributed by atoms with Gasteiger partial charge < -0.3 is 5.73 Å². The Morgan fingerprint density at radius 2 is 1.88 bits per heavy atom. The molecule has 120 valence electrons. The minimum absolute atomic E-state index is 0.325. The first-order valence-electron chi connectivity index (χ1n) is 7.77. The highest BCUT2D eigenvalue weighted by molar-refractivity contribution is 7.23. The van der Waals surface area contributed by atoms with Crippen LogP contribution in [0.5, 0.6) is 0 Å². The average molecular weight is 344 g/mol. The smallest absolute Gasteiger partial charge is 0.283 e. The Labute approximate surface area is 146 Å². The van der Waals surface area contributed by atoms with Crippen LogP contribution in [0, 0.1) is 0 Å². The molecule has 0 spiro atoms. The number of aromatic nitrogens is 2. The van der Waals surface area contributed by atoms with Crippen LogP contribution >= 0.6 is 11.3 Å². The van der Waals surface area contributed by atoms with Crippen LogP contribution in [0.2, 0.25) is 0 Å². The second-order valence-corrected chi connectivity index (χ2v) is 6.79. The molecule has 0 amide bonds. The molecule has 1 aliphatic rings. The van der Waals surface area contributed by atoms with E-state index in [1.54, 1.807) is 12.3 Å². The van der Waals surface area contributed by atoms with Gasteiger partial charge in [0.25, 0.3) is 5.56 Å². The van der Waals surface area contributed by atoms with Crippen LogP contribution in [-0.2, 0) is 0 Å². The van der Waals surface area contributed by atoms with E-state index < -0.39 is 0 Å². The van der Waals surface area contributed by atoms with E-state index in [9.17, 15) is 4.79 Å². The van der Waals surface area contributed by atoms with Crippen molar-refractivity contribution in [2.45, 2.75) is 0 Å². The predicted molar refractivity (Wildman–Crippen MR) is 104 cm³/mol. The lowest BCUT2D eigenvalue weighted by molar-refractivity contribution is 1.14. The lowest BCUT2D eigenvalue weighted by atomic mass is 10.1. The van der Waals surface area contributed by atoms with Gasteiger partial charge in [0.15, 0.2) is 4.96 Å². The van der Waals surface area contributed by atoms with Crippen LogP contribution in [0.1, 0.15) is 11.1 Å². The Morgan fingerprint density at radius 3 is 2.80 bits per heavy atom. The van der Waals surface area contributed by atoms with Crippen molar-refractivity contribution in [3.05, 3.63) is 70.0 Å². The number of para-hydroxylation sites is 2. The van der Waals surface area contributed by atoms with Crippen LogP contribution in [-0.4, -0.2) is 15.6 Å². The number of nitrogen functional groups attached to an aromatic ring is 1. The van der Waals surface area contributed by atoms with Crippen LogP contribution in [0.25, 0.3) is 26.8 Å². The van der Waals surface area contributed by atoms with Gasteiger partial charge in [-0.05, 0) is 24.3 Å². The highest BCUT2D eigenvalue weighted by Gasteiger charge is 2.16. The maximum atomic E-state index is 12.5. The molecule has 1 aliphatic heterocycles. The number of thiazole rings is 1. The number of allylic oxidation sites excluding steroid dienone is 1. The molecule has 0 fully saturated rings. The maximum Gasteiger partial charge on any atom is 0.283 e. The molecule has 3 heterocycles. The fourth-order valence-corrected chi connectivity index (χ4v) is 4.13. The van der Waals surface area contributed by atoms with E-state index in [1.807, 2.05) is 52.9 Å². The first-order valence-corrected chi connectivity index (χ1v) is 8.59. The molecule has 4 aromatic rings. The van der Waals surface area contributed by atoms with Crippen molar-refractivity contribution in [2.24, 2.45) is 4.99 Å². The van der Waals surface area contributed by atoms with E-state index in [0.29, 0.717) is 16.3 Å². The molecular weight excluding hydrogens is 332 g/mol. The van der Waals surface area contributed by atoms with E-state index in [0.717, 1.165) is 27.0 Å². The van der Waals surface area contributed by atoms with Gasteiger partial charge in [-0.2, -0.15) is 4.98 Å². The molecule has 0 bridgehead atoms. The summed E-state index contributed by atoms with van der Waals surface area (Å²) in [7, 11) is 0. The van der Waals surface area contributed by atoms with E-state index in [-0.39, 0.29) is 5.56 Å². The third-order valence-corrected chi connectivity index (χ3v) is 5.32. The number of nitrogens with zero attached hydrogens (tertiary/aromatic N) is 3. The number of nitrogens with two attached hydrogens (primary N) is 1. The molecule has 5 nitrogen and oxygen atoms in total. The molecule has 0 saturated heterocycles. The molecule has 5 rings (SSSR count). The lowest BCUT2D eigenvalue weighted by Crippen LogP contribution is -2.16. The van der Waals surface area contributed by atoms with Gasteiger partial charge in [0.2, 0.25) is 0 Å². The summed E-state index contributed by atoms with van der Waals surface area (Å²) in [6.45, 7) is 0. The van der Waals surface area contributed by atoms with Gasteiger partial charge in [0.05, 0.1) is 21.5 Å². The highest BCUT2D eigenvalue weighted by atomic mass is 32.1. The number of aliphatic imine (C=N–C) groups is 1.